The minimum Gasteiger partial charge on any atom is -0.494 e. The Hall–Kier alpha value is -3.20. The zero-order chi connectivity index (χ0) is 22.5. The monoisotopic (exact) mass is 423 g/mol. The van der Waals surface area contributed by atoms with Crippen molar-refractivity contribution in [2.24, 2.45) is 0 Å². The van der Waals surface area contributed by atoms with Gasteiger partial charge in [-0.15, -0.1) is 0 Å². The van der Waals surface area contributed by atoms with Crippen LogP contribution in [0.4, 0.5) is 4.39 Å². The summed E-state index contributed by atoms with van der Waals surface area (Å²) in [6.07, 6.45) is 7.48. The van der Waals surface area contributed by atoms with E-state index in [1.54, 1.807) is 0 Å². The second-order valence-electron chi connectivity index (χ2n) is 7.35. The maximum atomic E-state index is 13.3. The molecule has 1 aromatic carbocycles. The van der Waals surface area contributed by atoms with Crippen LogP contribution in [0.2, 0.25) is 0 Å². The molecule has 0 aliphatic carbocycles. The Labute approximate surface area is 184 Å². The highest BCUT2D eigenvalue weighted by Crippen LogP contribution is 2.22. The van der Waals surface area contributed by atoms with Crippen LogP contribution in [0.3, 0.4) is 0 Å². The van der Waals surface area contributed by atoms with Crippen molar-refractivity contribution in [1.82, 2.24) is 10.3 Å². The summed E-state index contributed by atoms with van der Waals surface area (Å²) in [4.78, 5) is 16.3. The molecule has 0 bridgehead atoms. The number of hydrogen-bond donors (Lipinski definition) is 1. The number of rotatable bonds is 12. The summed E-state index contributed by atoms with van der Waals surface area (Å²) in [5.74, 6) is -0.372. The first kappa shape index (κ1) is 24.1. The summed E-state index contributed by atoms with van der Waals surface area (Å²) in [6, 6.07) is 13.5. The van der Waals surface area contributed by atoms with Crippen molar-refractivity contribution in [3.8, 4) is 11.8 Å². The molecule has 31 heavy (non-hydrogen) atoms. The summed E-state index contributed by atoms with van der Waals surface area (Å²) < 4.78 is 19.1. The maximum absolute atomic E-state index is 13.3. The molecule has 1 amide bonds. The lowest BCUT2D eigenvalue weighted by molar-refractivity contribution is -0.117. The maximum Gasteiger partial charge on any atom is 0.262 e. The Balaban J connectivity index is 2.04. The second-order valence-corrected chi connectivity index (χ2v) is 7.35. The van der Waals surface area contributed by atoms with Crippen molar-refractivity contribution in [2.45, 2.75) is 58.4 Å². The molecule has 6 heteroatoms. The number of carbonyl (C=O) groups is 1. The van der Waals surface area contributed by atoms with E-state index in [1.165, 1.54) is 43.5 Å². The van der Waals surface area contributed by atoms with Crippen molar-refractivity contribution in [3.05, 3.63) is 65.2 Å². The highest BCUT2D eigenvalue weighted by Gasteiger charge is 2.17. The van der Waals surface area contributed by atoms with Gasteiger partial charge in [-0.2, -0.15) is 9.65 Å². The standard InChI is InChI=1S/C25H30FN3O2/c1-3-5-6-7-16-31-22-14-12-19(13-15-22)23(9-4-2)29-25(30)20(18-27)17-21-10-8-11-24(26)28-21/h8,10-15,17,23H,3-7,9,16H2,1-2H3,(H,29,30)/b20-17+. The number of hydrogen-bond acceptors (Lipinski definition) is 4. The predicted octanol–water partition coefficient (Wildman–Crippen LogP) is 5.74. The van der Waals surface area contributed by atoms with E-state index in [0.29, 0.717) is 6.61 Å². The molecule has 0 saturated heterocycles. The van der Waals surface area contributed by atoms with Gasteiger partial charge in [-0.3, -0.25) is 4.79 Å². The van der Waals surface area contributed by atoms with E-state index in [0.717, 1.165) is 30.6 Å². The van der Waals surface area contributed by atoms with Crippen LogP contribution in [0.25, 0.3) is 6.08 Å². The van der Waals surface area contributed by atoms with Crippen LogP contribution in [-0.4, -0.2) is 17.5 Å². The van der Waals surface area contributed by atoms with Gasteiger partial charge in [0.05, 0.1) is 18.3 Å². The van der Waals surface area contributed by atoms with E-state index in [9.17, 15) is 14.4 Å². The Morgan fingerprint density at radius 3 is 2.58 bits per heavy atom. The molecule has 1 aromatic heterocycles. The Morgan fingerprint density at radius 2 is 1.94 bits per heavy atom. The van der Waals surface area contributed by atoms with Crippen LogP contribution in [0.1, 0.15) is 69.7 Å². The van der Waals surface area contributed by atoms with Gasteiger partial charge < -0.3 is 10.1 Å². The van der Waals surface area contributed by atoms with Crippen molar-refractivity contribution < 1.29 is 13.9 Å². The largest absolute Gasteiger partial charge is 0.494 e. The first-order valence-electron chi connectivity index (χ1n) is 10.8. The molecule has 1 N–H and O–H groups in total. The van der Waals surface area contributed by atoms with Gasteiger partial charge in [0.25, 0.3) is 5.91 Å². The number of amides is 1. The molecular formula is C25H30FN3O2. The third kappa shape index (κ3) is 8.21. The Kier molecular flexibility index (Phi) is 10.2. The number of pyridine rings is 1. The van der Waals surface area contributed by atoms with E-state index in [1.807, 2.05) is 37.3 Å². The third-order valence-electron chi connectivity index (χ3n) is 4.83. The number of aromatic nitrogens is 1. The topological polar surface area (TPSA) is 75.0 Å². The summed E-state index contributed by atoms with van der Waals surface area (Å²) in [5, 5.41) is 12.3. The van der Waals surface area contributed by atoms with Crippen LogP contribution in [0, 0.1) is 17.3 Å². The highest BCUT2D eigenvalue weighted by atomic mass is 19.1. The van der Waals surface area contributed by atoms with E-state index in [4.69, 9.17) is 4.74 Å². The summed E-state index contributed by atoms with van der Waals surface area (Å²) in [5.41, 5.74) is 1.04. The van der Waals surface area contributed by atoms with Gasteiger partial charge in [-0.05, 0) is 48.7 Å². The Bertz CT molecular complexity index is 904. The van der Waals surface area contributed by atoms with E-state index < -0.39 is 11.9 Å². The van der Waals surface area contributed by atoms with E-state index >= 15 is 0 Å². The molecule has 0 saturated carbocycles. The molecule has 2 aromatic rings. The highest BCUT2D eigenvalue weighted by molar-refractivity contribution is 6.01. The number of carbonyl (C=O) groups excluding carboxylic acids is 1. The average Bonchev–Trinajstić information content (AvgIpc) is 2.77. The number of ether oxygens (including phenoxy) is 1. The zero-order valence-electron chi connectivity index (χ0n) is 18.2. The molecule has 0 spiro atoms. The van der Waals surface area contributed by atoms with Gasteiger partial charge in [0.2, 0.25) is 5.95 Å². The molecule has 0 aliphatic rings. The minimum absolute atomic E-state index is 0.119. The van der Waals surface area contributed by atoms with Gasteiger partial charge in [-0.25, -0.2) is 4.98 Å². The third-order valence-corrected chi connectivity index (χ3v) is 4.83. The first-order chi connectivity index (χ1) is 15.1. The summed E-state index contributed by atoms with van der Waals surface area (Å²) in [7, 11) is 0. The summed E-state index contributed by atoms with van der Waals surface area (Å²) in [6.45, 7) is 4.91. The molecular weight excluding hydrogens is 393 g/mol. The molecule has 0 aliphatic heterocycles. The lowest BCUT2D eigenvalue weighted by Crippen LogP contribution is -2.29. The lowest BCUT2D eigenvalue weighted by atomic mass is 10.0. The molecule has 1 unspecified atom stereocenters. The summed E-state index contributed by atoms with van der Waals surface area (Å²) >= 11 is 0. The number of nitrogens with zero attached hydrogens (tertiary/aromatic N) is 2. The molecule has 0 fully saturated rings. The molecule has 1 heterocycles. The van der Waals surface area contributed by atoms with Crippen molar-refractivity contribution >= 4 is 12.0 Å². The fraction of sp³-hybridized carbons (Fsp3) is 0.400. The van der Waals surface area contributed by atoms with Crippen LogP contribution >= 0.6 is 0 Å². The van der Waals surface area contributed by atoms with Gasteiger partial charge in [0.15, 0.2) is 0 Å². The van der Waals surface area contributed by atoms with E-state index in [2.05, 4.69) is 17.2 Å². The molecule has 5 nitrogen and oxygen atoms in total. The molecule has 0 radical (unpaired) electrons. The number of nitrogens with one attached hydrogen (secondary N) is 1. The smallest absolute Gasteiger partial charge is 0.262 e. The SMILES string of the molecule is CCCCCCOc1ccc(C(CCC)NC(=O)/C(C#N)=C/c2cccc(F)n2)cc1. The number of benzene rings is 1. The second kappa shape index (κ2) is 13.2. The Morgan fingerprint density at radius 1 is 1.16 bits per heavy atom. The predicted molar refractivity (Wildman–Crippen MR) is 120 cm³/mol. The van der Waals surface area contributed by atoms with Crippen molar-refractivity contribution in [2.75, 3.05) is 6.61 Å². The fourth-order valence-corrected chi connectivity index (χ4v) is 3.16. The van der Waals surface area contributed by atoms with Crippen LogP contribution in [0.5, 0.6) is 5.75 Å². The fourth-order valence-electron chi connectivity index (χ4n) is 3.16. The molecule has 1 atom stereocenters. The van der Waals surface area contributed by atoms with Gasteiger partial charge in [0.1, 0.15) is 17.4 Å². The van der Waals surface area contributed by atoms with Crippen molar-refractivity contribution in [1.29, 1.82) is 5.26 Å². The van der Waals surface area contributed by atoms with Gasteiger partial charge in [0, 0.05) is 0 Å². The number of nitriles is 1. The van der Waals surface area contributed by atoms with Crippen LogP contribution in [-0.2, 0) is 4.79 Å². The van der Waals surface area contributed by atoms with Crippen molar-refractivity contribution in [3.63, 3.8) is 0 Å². The van der Waals surface area contributed by atoms with Gasteiger partial charge in [-0.1, -0.05) is 57.7 Å². The normalized spacial score (nSPS) is 12.1. The van der Waals surface area contributed by atoms with E-state index in [-0.39, 0.29) is 17.3 Å². The lowest BCUT2D eigenvalue weighted by Gasteiger charge is -2.19. The quantitative estimate of drug-likeness (QED) is 0.204. The zero-order valence-corrected chi connectivity index (χ0v) is 18.2. The minimum atomic E-state index is -0.664. The number of unbranched alkanes of at least 4 members (excludes halogenated alkanes) is 3. The van der Waals surface area contributed by atoms with Crippen LogP contribution in [0.15, 0.2) is 48.0 Å². The van der Waals surface area contributed by atoms with Gasteiger partial charge >= 0.3 is 0 Å². The van der Waals surface area contributed by atoms with Crippen LogP contribution < -0.4 is 10.1 Å². The molecule has 164 valence electrons. The average molecular weight is 424 g/mol. The first-order valence-corrected chi connectivity index (χ1v) is 10.8. The molecule has 2 rings (SSSR count). The number of halogens is 1.